The first-order valence-electron chi connectivity index (χ1n) is 2.04. The molecule has 0 aromatic rings. The summed E-state index contributed by atoms with van der Waals surface area (Å²) < 4.78 is 32.1. The van der Waals surface area contributed by atoms with Crippen LogP contribution in [0, 0.1) is 0 Å². The standard InChI is InChI=1S/C4H2Cl3F3/c5-2-1-3(6,7)4(8,9)10/h1-2H/b2-1-. The van der Waals surface area contributed by atoms with Gasteiger partial charge in [-0.25, -0.2) is 0 Å². The van der Waals surface area contributed by atoms with E-state index in [-0.39, 0.29) is 0 Å². The summed E-state index contributed by atoms with van der Waals surface area (Å²) in [5.74, 6) is 0. The Balaban J connectivity index is 4.40. The first-order chi connectivity index (χ1) is 4.31. The Hall–Kier alpha value is 0.400. The van der Waals surface area contributed by atoms with Gasteiger partial charge in [0, 0.05) is 5.54 Å². The highest BCUT2D eigenvalue weighted by Gasteiger charge is 2.50. The van der Waals surface area contributed by atoms with Crippen molar-refractivity contribution in [2.45, 2.75) is 10.5 Å². The topological polar surface area (TPSA) is 0 Å². The number of hydrogen-bond donors (Lipinski definition) is 0. The molecule has 0 nitrogen and oxygen atoms in total. The van der Waals surface area contributed by atoms with Crippen molar-refractivity contribution in [1.29, 1.82) is 0 Å². The summed E-state index contributed by atoms with van der Waals surface area (Å²) in [6, 6.07) is 0. The predicted molar refractivity (Wildman–Crippen MR) is 35.5 cm³/mol. The summed E-state index contributed by atoms with van der Waals surface area (Å²) in [6.45, 7) is 0. The summed E-state index contributed by atoms with van der Waals surface area (Å²) in [6.07, 6.45) is -4.25. The Morgan fingerprint density at radius 3 is 1.60 bits per heavy atom. The highest BCUT2D eigenvalue weighted by atomic mass is 35.5. The smallest absolute Gasteiger partial charge is 0.167 e. The lowest BCUT2D eigenvalue weighted by Crippen LogP contribution is -2.31. The largest absolute Gasteiger partial charge is 0.425 e. The second-order valence-electron chi connectivity index (χ2n) is 1.41. The van der Waals surface area contributed by atoms with Crippen molar-refractivity contribution in [2.24, 2.45) is 0 Å². The van der Waals surface area contributed by atoms with Gasteiger partial charge < -0.3 is 0 Å². The van der Waals surface area contributed by atoms with Gasteiger partial charge >= 0.3 is 6.18 Å². The van der Waals surface area contributed by atoms with Crippen LogP contribution in [0.5, 0.6) is 0 Å². The van der Waals surface area contributed by atoms with Crippen LogP contribution in [0.15, 0.2) is 11.6 Å². The average molecular weight is 213 g/mol. The fraction of sp³-hybridized carbons (Fsp3) is 0.500. The van der Waals surface area contributed by atoms with E-state index in [0.717, 1.165) is 0 Å². The molecule has 0 N–H and O–H groups in total. The minimum atomic E-state index is -4.69. The quantitative estimate of drug-likeness (QED) is 0.585. The number of alkyl halides is 5. The second kappa shape index (κ2) is 3.20. The van der Waals surface area contributed by atoms with Gasteiger partial charge in [-0.3, -0.25) is 0 Å². The summed E-state index contributed by atoms with van der Waals surface area (Å²) >= 11 is 14.4. The molecule has 6 heteroatoms. The first-order valence-corrected chi connectivity index (χ1v) is 3.23. The molecule has 60 valence electrons. The van der Waals surface area contributed by atoms with E-state index < -0.39 is 10.5 Å². The molecule has 0 aromatic heterocycles. The lowest BCUT2D eigenvalue weighted by atomic mass is 10.4. The Kier molecular flexibility index (Phi) is 3.33. The molecule has 0 rings (SSSR count). The molecular weight excluding hydrogens is 211 g/mol. The third-order valence-electron chi connectivity index (χ3n) is 0.650. The maximum atomic E-state index is 11.6. The third-order valence-corrected chi connectivity index (χ3v) is 1.46. The molecule has 0 bridgehead atoms. The highest BCUT2D eigenvalue weighted by Crippen LogP contribution is 2.40. The fourth-order valence-corrected chi connectivity index (χ4v) is 0.618. The summed E-state index contributed by atoms with van der Waals surface area (Å²) in [7, 11) is 0. The molecular formula is C4H2Cl3F3. The van der Waals surface area contributed by atoms with Crippen LogP contribution in [0.3, 0.4) is 0 Å². The van der Waals surface area contributed by atoms with Gasteiger partial charge in [0.15, 0.2) is 0 Å². The van der Waals surface area contributed by atoms with Crippen LogP contribution in [0.2, 0.25) is 0 Å². The van der Waals surface area contributed by atoms with E-state index in [1.165, 1.54) is 0 Å². The minimum Gasteiger partial charge on any atom is -0.167 e. The van der Waals surface area contributed by atoms with E-state index >= 15 is 0 Å². The predicted octanol–water partition coefficient (Wildman–Crippen LogP) is 3.48. The van der Waals surface area contributed by atoms with E-state index in [2.05, 4.69) is 0 Å². The van der Waals surface area contributed by atoms with Crippen LogP contribution < -0.4 is 0 Å². The molecule has 0 aliphatic rings. The normalized spacial score (nSPS) is 14.6. The SMILES string of the molecule is FC(F)(F)C(Cl)(Cl)/C=C\Cl. The van der Waals surface area contributed by atoms with Crippen LogP contribution in [0.1, 0.15) is 0 Å². The number of hydrogen-bond acceptors (Lipinski definition) is 0. The molecule has 0 atom stereocenters. The first kappa shape index (κ1) is 10.4. The van der Waals surface area contributed by atoms with E-state index in [0.29, 0.717) is 11.6 Å². The van der Waals surface area contributed by atoms with Crippen molar-refractivity contribution < 1.29 is 13.2 Å². The van der Waals surface area contributed by atoms with Gasteiger partial charge in [0.2, 0.25) is 4.33 Å². The molecule has 0 aliphatic heterocycles. The molecule has 10 heavy (non-hydrogen) atoms. The van der Waals surface area contributed by atoms with Crippen molar-refractivity contribution in [3.05, 3.63) is 11.6 Å². The zero-order valence-corrected chi connectivity index (χ0v) is 6.69. The Morgan fingerprint density at radius 1 is 1.10 bits per heavy atom. The maximum Gasteiger partial charge on any atom is 0.425 e. The number of allylic oxidation sites excluding steroid dienone is 1. The molecule has 0 spiro atoms. The molecule has 0 saturated carbocycles. The van der Waals surface area contributed by atoms with E-state index in [4.69, 9.17) is 34.8 Å². The van der Waals surface area contributed by atoms with E-state index in [1.54, 1.807) is 0 Å². The van der Waals surface area contributed by atoms with Gasteiger partial charge in [0.05, 0.1) is 0 Å². The minimum absolute atomic E-state index is 0.442. The molecule has 0 radical (unpaired) electrons. The summed E-state index contributed by atoms with van der Waals surface area (Å²) in [5.41, 5.74) is 0.619. The molecule has 0 heterocycles. The second-order valence-corrected chi connectivity index (χ2v) is 3.05. The van der Waals surface area contributed by atoms with Gasteiger partial charge in [0.25, 0.3) is 0 Å². The molecule has 0 amide bonds. The van der Waals surface area contributed by atoms with Crippen molar-refractivity contribution in [1.82, 2.24) is 0 Å². The monoisotopic (exact) mass is 212 g/mol. The van der Waals surface area contributed by atoms with Gasteiger partial charge in [-0.1, -0.05) is 34.8 Å². The summed E-state index contributed by atoms with van der Waals surface area (Å²) in [5, 5.41) is 0. The van der Waals surface area contributed by atoms with Gasteiger partial charge in [-0.05, 0) is 6.08 Å². The maximum absolute atomic E-state index is 11.6. The van der Waals surface area contributed by atoms with Gasteiger partial charge in [-0.15, -0.1) is 0 Å². The van der Waals surface area contributed by atoms with Crippen LogP contribution in [0.4, 0.5) is 13.2 Å². The molecule has 0 fully saturated rings. The summed E-state index contributed by atoms with van der Waals surface area (Å²) in [4.78, 5) is 0. The van der Waals surface area contributed by atoms with Crippen molar-refractivity contribution in [3.8, 4) is 0 Å². The van der Waals surface area contributed by atoms with Crippen molar-refractivity contribution in [3.63, 3.8) is 0 Å². The Morgan fingerprint density at radius 2 is 1.50 bits per heavy atom. The lowest BCUT2D eigenvalue weighted by Gasteiger charge is -2.17. The molecule has 0 aliphatic carbocycles. The fourth-order valence-electron chi connectivity index (χ4n) is 0.174. The molecule has 0 saturated heterocycles. The Bertz CT molecular complexity index is 137. The van der Waals surface area contributed by atoms with Crippen LogP contribution in [-0.4, -0.2) is 10.5 Å². The van der Waals surface area contributed by atoms with E-state index in [1.807, 2.05) is 0 Å². The average Bonchev–Trinajstić information content (AvgIpc) is 1.61. The van der Waals surface area contributed by atoms with Crippen LogP contribution >= 0.6 is 34.8 Å². The lowest BCUT2D eigenvalue weighted by molar-refractivity contribution is -0.131. The van der Waals surface area contributed by atoms with Crippen molar-refractivity contribution >= 4 is 34.8 Å². The Labute approximate surface area is 70.6 Å². The van der Waals surface area contributed by atoms with Crippen molar-refractivity contribution in [2.75, 3.05) is 0 Å². The highest BCUT2D eigenvalue weighted by molar-refractivity contribution is 6.50. The van der Waals surface area contributed by atoms with E-state index in [9.17, 15) is 13.2 Å². The van der Waals surface area contributed by atoms with Crippen LogP contribution in [0.25, 0.3) is 0 Å². The number of rotatable bonds is 1. The molecule has 0 aromatic carbocycles. The van der Waals surface area contributed by atoms with Crippen LogP contribution in [-0.2, 0) is 0 Å². The number of halogens is 6. The zero-order chi connectivity index (χ0) is 8.41. The molecule has 0 unspecified atom stereocenters. The zero-order valence-electron chi connectivity index (χ0n) is 4.42. The third kappa shape index (κ3) is 2.56. The van der Waals surface area contributed by atoms with Gasteiger partial charge in [-0.2, -0.15) is 13.2 Å². The van der Waals surface area contributed by atoms with Gasteiger partial charge in [0.1, 0.15) is 0 Å².